The number of amides is 2. The standard InChI is InChI=1S/2C26H26FN3O/c2*1-19-16-21(5-11-25(19)30-17-20(2)28-18-30)6-12-26(31)29-14-3-4-22(13-15-29)23-7-9-24(27)10-8-23/h5-13,16-18H,3-4,14-15H2,1-2H3;4-12,16-18H,3,13-15H2,1-2H3/b2*12-6+. The number of carbonyl (C=O) groups is 2. The van der Waals surface area contributed by atoms with Gasteiger partial charge in [-0.15, -0.1) is 0 Å². The van der Waals surface area contributed by atoms with Crippen LogP contribution in [-0.4, -0.2) is 66.9 Å². The third-order valence-corrected chi connectivity index (χ3v) is 11.2. The Hall–Kier alpha value is -6.94. The van der Waals surface area contributed by atoms with Crippen LogP contribution >= 0.6 is 0 Å². The van der Waals surface area contributed by atoms with Gasteiger partial charge < -0.3 is 18.9 Å². The summed E-state index contributed by atoms with van der Waals surface area (Å²) in [5.41, 5.74) is 12.7. The van der Waals surface area contributed by atoms with Gasteiger partial charge >= 0.3 is 0 Å². The smallest absolute Gasteiger partial charge is 0.246 e. The summed E-state index contributed by atoms with van der Waals surface area (Å²) in [6.45, 7) is 10.7. The zero-order chi connectivity index (χ0) is 43.6. The first-order valence-corrected chi connectivity index (χ1v) is 21.1. The summed E-state index contributed by atoms with van der Waals surface area (Å²) in [7, 11) is 0. The van der Waals surface area contributed by atoms with Crippen molar-refractivity contribution in [2.45, 2.75) is 53.4 Å². The predicted molar refractivity (Wildman–Crippen MR) is 245 cm³/mol. The van der Waals surface area contributed by atoms with Crippen LogP contribution in [0.15, 0.2) is 134 Å². The number of allylic oxidation sites excluding steroid dienone is 1. The van der Waals surface area contributed by atoms with E-state index in [0.29, 0.717) is 26.2 Å². The van der Waals surface area contributed by atoms with Gasteiger partial charge in [0, 0.05) is 62.1 Å². The Kier molecular flexibility index (Phi) is 14.0. The molecule has 8 rings (SSSR count). The molecule has 62 heavy (non-hydrogen) atoms. The second-order valence-electron chi connectivity index (χ2n) is 15.8. The molecular weight excluding hydrogens is 779 g/mol. The van der Waals surface area contributed by atoms with Crippen LogP contribution in [-0.2, 0) is 9.59 Å². The van der Waals surface area contributed by atoms with Gasteiger partial charge in [0.15, 0.2) is 0 Å². The van der Waals surface area contributed by atoms with E-state index in [1.807, 2.05) is 94.2 Å². The summed E-state index contributed by atoms with van der Waals surface area (Å²) in [6.07, 6.45) is 22.2. The second-order valence-corrected chi connectivity index (χ2v) is 15.8. The number of benzene rings is 4. The normalized spacial score (nSPS) is 14.5. The third-order valence-electron chi connectivity index (χ3n) is 11.2. The summed E-state index contributed by atoms with van der Waals surface area (Å²) in [4.78, 5) is 37.8. The minimum absolute atomic E-state index is 0.00331. The van der Waals surface area contributed by atoms with Crippen molar-refractivity contribution in [1.29, 1.82) is 0 Å². The highest BCUT2D eigenvalue weighted by Crippen LogP contribution is 2.25. The van der Waals surface area contributed by atoms with Crippen molar-refractivity contribution >= 4 is 35.1 Å². The van der Waals surface area contributed by atoms with Crippen molar-refractivity contribution in [3.05, 3.63) is 191 Å². The SMILES string of the molecule is Cc1cn(-c2ccc(/C=C/C(=O)N3CC=C(c4ccc(F)cc4)CCC3)cc2C)cn1.Cc1cn(-c2ccc(/C=C/C(=O)N3CCC=C(c4ccc(F)cc4)CC3)cc2C)cn1. The number of halogens is 2. The van der Waals surface area contributed by atoms with E-state index < -0.39 is 0 Å². The maximum absolute atomic E-state index is 13.2. The van der Waals surface area contributed by atoms with Crippen LogP contribution in [0.2, 0.25) is 0 Å². The Morgan fingerprint density at radius 3 is 1.56 bits per heavy atom. The van der Waals surface area contributed by atoms with E-state index >= 15 is 0 Å². The van der Waals surface area contributed by atoms with Crippen LogP contribution in [0.5, 0.6) is 0 Å². The van der Waals surface area contributed by atoms with Crippen LogP contribution in [0.25, 0.3) is 34.7 Å². The first-order valence-electron chi connectivity index (χ1n) is 21.1. The molecule has 0 unspecified atom stereocenters. The monoisotopic (exact) mass is 830 g/mol. The van der Waals surface area contributed by atoms with Crippen molar-refractivity contribution in [1.82, 2.24) is 28.9 Å². The molecule has 0 spiro atoms. The zero-order valence-corrected chi connectivity index (χ0v) is 35.8. The van der Waals surface area contributed by atoms with E-state index in [9.17, 15) is 18.4 Å². The number of hydrogen-bond acceptors (Lipinski definition) is 4. The molecule has 8 nitrogen and oxygen atoms in total. The average Bonchev–Trinajstić information content (AvgIpc) is 3.70. The quantitative estimate of drug-likeness (QED) is 0.143. The van der Waals surface area contributed by atoms with Gasteiger partial charge in [-0.1, -0.05) is 48.6 Å². The van der Waals surface area contributed by atoms with E-state index in [4.69, 9.17) is 0 Å². The van der Waals surface area contributed by atoms with Crippen LogP contribution in [0.3, 0.4) is 0 Å². The highest BCUT2D eigenvalue weighted by Gasteiger charge is 2.17. The topological polar surface area (TPSA) is 76.3 Å². The minimum atomic E-state index is -0.233. The molecule has 0 fully saturated rings. The van der Waals surface area contributed by atoms with Crippen molar-refractivity contribution in [2.75, 3.05) is 26.2 Å². The van der Waals surface area contributed by atoms with Gasteiger partial charge in [0.1, 0.15) is 11.6 Å². The lowest BCUT2D eigenvalue weighted by atomic mass is 10.0. The molecule has 2 amide bonds. The summed E-state index contributed by atoms with van der Waals surface area (Å²) >= 11 is 0. The first-order chi connectivity index (χ1) is 30.0. The molecule has 2 aliphatic rings. The van der Waals surface area contributed by atoms with Crippen LogP contribution in [0.1, 0.15) is 70.5 Å². The summed E-state index contributed by atoms with van der Waals surface area (Å²) in [5.74, 6) is -0.448. The van der Waals surface area contributed by atoms with Crippen molar-refractivity contribution < 1.29 is 18.4 Å². The Balaban J connectivity index is 0.000000186. The van der Waals surface area contributed by atoms with Crippen LogP contribution in [0.4, 0.5) is 8.78 Å². The Morgan fingerprint density at radius 2 is 1.08 bits per heavy atom. The fourth-order valence-corrected chi connectivity index (χ4v) is 7.81. The summed E-state index contributed by atoms with van der Waals surface area (Å²) < 4.78 is 30.4. The molecule has 4 heterocycles. The van der Waals surface area contributed by atoms with Crippen molar-refractivity contribution in [3.63, 3.8) is 0 Å². The molecule has 316 valence electrons. The largest absolute Gasteiger partial charge is 0.339 e. The van der Waals surface area contributed by atoms with E-state index in [1.54, 1.807) is 36.4 Å². The summed E-state index contributed by atoms with van der Waals surface area (Å²) in [6, 6.07) is 25.4. The van der Waals surface area contributed by atoms with Crippen molar-refractivity contribution in [2.24, 2.45) is 0 Å². The number of nitrogens with zero attached hydrogens (tertiary/aromatic N) is 6. The zero-order valence-electron chi connectivity index (χ0n) is 35.8. The first kappa shape index (κ1) is 43.2. The Bertz CT molecular complexity index is 2650. The van der Waals surface area contributed by atoms with Gasteiger partial charge in [-0.25, -0.2) is 18.7 Å². The van der Waals surface area contributed by atoms with Gasteiger partial charge in [-0.2, -0.15) is 0 Å². The number of rotatable bonds is 8. The van der Waals surface area contributed by atoms with Crippen molar-refractivity contribution in [3.8, 4) is 11.4 Å². The molecule has 10 heteroatoms. The number of aryl methyl sites for hydroxylation is 4. The molecule has 0 N–H and O–H groups in total. The minimum Gasteiger partial charge on any atom is -0.339 e. The molecule has 0 aliphatic carbocycles. The third kappa shape index (κ3) is 11.3. The lowest BCUT2D eigenvalue weighted by Crippen LogP contribution is -2.30. The highest BCUT2D eigenvalue weighted by molar-refractivity contribution is 5.93. The molecule has 2 aliphatic heterocycles. The van der Waals surface area contributed by atoms with Gasteiger partial charge in [-0.3, -0.25) is 9.59 Å². The molecular formula is C52H52F2N6O2. The molecule has 0 saturated carbocycles. The van der Waals surface area contributed by atoms with E-state index in [0.717, 1.165) is 81.8 Å². The molecule has 0 radical (unpaired) electrons. The number of carbonyl (C=O) groups excluding carboxylic acids is 2. The number of aromatic nitrogens is 4. The molecule has 0 bridgehead atoms. The molecule has 0 atom stereocenters. The lowest BCUT2D eigenvalue weighted by molar-refractivity contribution is -0.126. The number of imidazole rings is 2. The van der Waals surface area contributed by atoms with E-state index in [1.165, 1.54) is 35.4 Å². The van der Waals surface area contributed by atoms with E-state index in [2.05, 4.69) is 48.1 Å². The van der Waals surface area contributed by atoms with E-state index in [-0.39, 0.29) is 23.4 Å². The fraction of sp³-hybridized carbons (Fsp3) is 0.231. The molecule has 2 aromatic heterocycles. The maximum atomic E-state index is 13.2. The summed E-state index contributed by atoms with van der Waals surface area (Å²) in [5, 5.41) is 0. The Labute approximate surface area is 362 Å². The molecule has 6 aromatic rings. The maximum Gasteiger partial charge on any atom is 0.246 e. The van der Waals surface area contributed by atoms with Gasteiger partial charge in [0.2, 0.25) is 11.8 Å². The lowest BCUT2D eigenvalue weighted by Gasteiger charge is -2.18. The number of hydrogen-bond donors (Lipinski definition) is 0. The highest BCUT2D eigenvalue weighted by atomic mass is 19.1. The molecule has 4 aromatic carbocycles. The second kappa shape index (κ2) is 20.1. The average molecular weight is 831 g/mol. The van der Waals surface area contributed by atoms with Crippen LogP contribution in [0, 0.1) is 39.3 Å². The predicted octanol–water partition coefficient (Wildman–Crippen LogP) is 10.7. The van der Waals surface area contributed by atoms with Crippen LogP contribution < -0.4 is 0 Å². The van der Waals surface area contributed by atoms with Gasteiger partial charge in [-0.05, 0) is 159 Å². The Morgan fingerprint density at radius 1 is 0.581 bits per heavy atom. The van der Waals surface area contributed by atoms with Gasteiger partial charge in [0.25, 0.3) is 0 Å². The fourth-order valence-electron chi connectivity index (χ4n) is 7.81. The molecule has 0 saturated heterocycles. The van der Waals surface area contributed by atoms with Gasteiger partial charge in [0.05, 0.1) is 24.0 Å².